The Morgan fingerprint density at radius 3 is 2.20 bits per heavy atom. The molecule has 0 aliphatic carbocycles. The average molecular weight is 340 g/mol. The van der Waals surface area contributed by atoms with E-state index >= 15 is 0 Å². The van der Waals surface area contributed by atoms with E-state index in [0.717, 1.165) is 22.4 Å². The Hall–Kier alpha value is -2.59. The summed E-state index contributed by atoms with van der Waals surface area (Å²) in [5.41, 5.74) is 2.85. The number of carboxylic acids is 1. The molecule has 0 spiro atoms. The van der Waals surface area contributed by atoms with Crippen molar-refractivity contribution in [3.05, 3.63) is 77.4 Å². The third-order valence-electron chi connectivity index (χ3n) is 4.00. The average Bonchev–Trinajstić information content (AvgIpc) is 2.60. The molecule has 0 heterocycles. The Morgan fingerprint density at radius 2 is 1.68 bits per heavy atom. The van der Waals surface area contributed by atoms with Crippen LogP contribution in [-0.4, -0.2) is 16.2 Å². The Balaban J connectivity index is 1.98. The molecule has 2 unspecified atom stereocenters. The van der Waals surface area contributed by atoms with Crippen molar-refractivity contribution in [3.63, 3.8) is 0 Å². The maximum atomic E-state index is 11.0. The number of carboxylic acid groups (broad SMARTS) is 1. The molecule has 25 heavy (non-hydrogen) atoms. The molecule has 4 nitrogen and oxygen atoms in total. The number of aliphatic hydroxyl groups excluding tert-OH is 1. The van der Waals surface area contributed by atoms with Crippen LogP contribution in [0.3, 0.4) is 0 Å². The summed E-state index contributed by atoms with van der Waals surface area (Å²) in [5.74, 6) is -0.216. The molecular weight excluding hydrogens is 316 g/mol. The fraction of sp³-hybridized carbons (Fsp3) is 0.286. The van der Waals surface area contributed by atoms with Gasteiger partial charge in [0.05, 0.1) is 12.5 Å². The van der Waals surface area contributed by atoms with E-state index in [4.69, 9.17) is 9.84 Å². The first kappa shape index (κ1) is 18.7. The Morgan fingerprint density at radius 1 is 1.08 bits per heavy atom. The van der Waals surface area contributed by atoms with Crippen molar-refractivity contribution < 1.29 is 19.7 Å². The molecule has 0 saturated heterocycles. The lowest BCUT2D eigenvalue weighted by molar-refractivity contribution is -0.137. The summed E-state index contributed by atoms with van der Waals surface area (Å²) in [7, 11) is 0. The van der Waals surface area contributed by atoms with E-state index in [0.29, 0.717) is 6.61 Å². The number of aliphatic carboxylic acids is 1. The monoisotopic (exact) mass is 340 g/mol. The zero-order chi connectivity index (χ0) is 18.2. The fourth-order valence-corrected chi connectivity index (χ4v) is 2.59. The second kappa shape index (κ2) is 9.04. The van der Waals surface area contributed by atoms with Crippen LogP contribution in [0.4, 0.5) is 0 Å². The number of benzene rings is 2. The van der Waals surface area contributed by atoms with Gasteiger partial charge in [-0.2, -0.15) is 0 Å². The SMILES string of the molecule is CC=CC(CC(=O)O)c1ccc(OCc2ccc(C(C)O)cc2)cc1. The highest BCUT2D eigenvalue weighted by atomic mass is 16.5. The molecule has 2 atom stereocenters. The summed E-state index contributed by atoms with van der Waals surface area (Å²) in [4.78, 5) is 11.0. The molecule has 0 aromatic heterocycles. The van der Waals surface area contributed by atoms with Gasteiger partial charge in [-0.1, -0.05) is 48.6 Å². The summed E-state index contributed by atoms with van der Waals surface area (Å²) < 4.78 is 5.77. The van der Waals surface area contributed by atoms with Crippen molar-refractivity contribution in [2.24, 2.45) is 0 Å². The van der Waals surface area contributed by atoms with Gasteiger partial charge < -0.3 is 14.9 Å². The van der Waals surface area contributed by atoms with E-state index in [2.05, 4.69) is 0 Å². The largest absolute Gasteiger partial charge is 0.489 e. The predicted molar refractivity (Wildman–Crippen MR) is 97.7 cm³/mol. The van der Waals surface area contributed by atoms with E-state index in [1.165, 1.54) is 0 Å². The highest BCUT2D eigenvalue weighted by Gasteiger charge is 2.12. The lowest BCUT2D eigenvalue weighted by Crippen LogP contribution is -2.04. The van der Waals surface area contributed by atoms with Crippen LogP contribution in [0, 0.1) is 0 Å². The van der Waals surface area contributed by atoms with E-state index < -0.39 is 12.1 Å². The van der Waals surface area contributed by atoms with Crippen LogP contribution in [-0.2, 0) is 11.4 Å². The molecule has 0 amide bonds. The zero-order valence-corrected chi connectivity index (χ0v) is 14.6. The maximum absolute atomic E-state index is 11.0. The normalized spacial score (nSPS) is 13.6. The quantitative estimate of drug-likeness (QED) is 0.697. The van der Waals surface area contributed by atoms with Gasteiger partial charge in [0.2, 0.25) is 0 Å². The number of hydrogen-bond acceptors (Lipinski definition) is 3. The van der Waals surface area contributed by atoms with Crippen LogP contribution in [0.5, 0.6) is 5.75 Å². The molecule has 0 bridgehead atoms. The molecule has 2 rings (SSSR count). The molecule has 0 fully saturated rings. The van der Waals surface area contributed by atoms with Crippen molar-refractivity contribution >= 4 is 5.97 Å². The van der Waals surface area contributed by atoms with Gasteiger partial charge in [-0.15, -0.1) is 0 Å². The number of carbonyl (C=O) groups is 1. The van der Waals surface area contributed by atoms with Gasteiger partial charge in [0.1, 0.15) is 12.4 Å². The predicted octanol–water partition coefficient (Wildman–Crippen LogP) is 4.45. The van der Waals surface area contributed by atoms with Crippen molar-refractivity contribution in [3.8, 4) is 5.75 Å². The van der Waals surface area contributed by atoms with Crippen molar-refractivity contribution in [2.75, 3.05) is 0 Å². The first-order valence-electron chi connectivity index (χ1n) is 8.34. The molecule has 4 heteroatoms. The standard InChI is InChI=1S/C21H24O4/c1-3-4-19(13-21(23)24)18-9-11-20(12-10-18)25-14-16-5-7-17(8-6-16)15(2)22/h3-12,15,19,22H,13-14H2,1-2H3,(H,23,24). The lowest BCUT2D eigenvalue weighted by Gasteiger charge is -2.12. The highest BCUT2D eigenvalue weighted by Crippen LogP contribution is 2.24. The third-order valence-corrected chi connectivity index (χ3v) is 4.00. The topological polar surface area (TPSA) is 66.8 Å². The van der Waals surface area contributed by atoms with Gasteiger partial charge in [0, 0.05) is 5.92 Å². The van der Waals surface area contributed by atoms with Crippen molar-refractivity contribution in [2.45, 2.75) is 38.9 Å². The summed E-state index contributed by atoms with van der Waals surface area (Å²) >= 11 is 0. The van der Waals surface area contributed by atoms with Crippen LogP contribution in [0.15, 0.2) is 60.7 Å². The van der Waals surface area contributed by atoms with Gasteiger partial charge >= 0.3 is 5.97 Å². The molecule has 2 aromatic rings. The second-order valence-corrected chi connectivity index (χ2v) is 6.01. The summed E-state index contributed by atoms with van der Waals surface area (Å²) in [6, 6.07) is 15.2. The van der Waals surface area contributed by atoms with E-state index in [1.54, 1.807) is 6.92 Å². The van der Waals surface area contributed by atoms with Crippen LogP contribution >= 0.6 is 0 Å². The van der Waals surface area contributed by atoms with Gasteiger partial charge in [0.25, 0.3) is 0 Å². The fourth-order valence-electron chi connectivity index (χ4n) is 2.59. The second-order valence-electron chi connectivity index (χ2n) is 6.01. The number of aliphatic hydroxyl groups is 1. The van der Waals surface area contributed by atoms with Gasteiger partial charge in [0.15, 0.2) is 0 Å². The number of ether oxygens (including phenoxy) is 1. The number of rotatable bonds is 8. The van der Waals surface area contributed by atoms with Crippen LogP contribution in [0.2, 0.25) is 0 Å². The first-order chi connectivity index (χ1) is 12.0. The van der Waals surface area contributed by atoms with Gasteiger partial charge in [-0.3, -0.25) is 4.79 Å². The molecule has 0 saturated carbocycles. The highest BCUT2D eigenvalue weighted by molar-refractivity contribution is 5.68. The summed E-state index contributed by atoms with van der Waals surface area (Å²) in [6.07, 6.45) is 3.36. The first-order valence-corrected chi connectivity index (χ1v) is 8.34. The van der Waals surface area contributed by atoms with Crippen molar-refractivity contribution in [1.82, 2.24) is 0 Å². The van der Waals surface area contributed by atoms with E-state index in [-0.39, 0.29) is 12.3 Å². The lowest BCUT2D eigenvalue weighted by atomic mass is 9.95. The molecule has 132 valence electrons. The minimum Gasteiger partial charge on any atom is -0.489 e. The Labute approximate surface area is 148 Å². The molecule has 2 aromatic carbocycles. The smallest absolute Gasteiger partial charge is 0.304 e. The Bertz CT molecular complexity index is 700. The van der Waals surface area contributed by atoms with Crippen LogP contribution < -0.4 is 4.74 Å². The minimum absolute atomic E-state index is 0.0696. The molecule has 0 aliphatic heterocycles. The maximum Gasteiger partial charge on any atom is 0.304 e. The van der Waals surface area contributed by atoms with E-state index in [1.807, 2.05) is 67.6 Å². The third kappa shape index (κ3) is 5.76. The molecule has 0 aliphatic rings. The zero-order valence-electron chi connectivity index (χ0n) is 14.6. The Kier molecular flexibility index (Phi) is 6.78. The molecule has 2 N–H and O–H groups in total. The minimum atomic E-state index is -0.816. The molecular formula is C21H24O4. The van der Waals surface area contributed by atoms with Crippen molar-refractivity contribution in [1.29, 1.82) is 0 Å². The van der Waals surface area contributed by atoms with Gasteiger partial charge in [-0.25, -0.2) is 0 Å². The van der Waals surface area contributed by atoms with Crippen LogP contribution in [0.25, 0.3) is 0 Å². The molecule has 0 radical (unpaired) electrons. The number of hydrogen-bond donors (Lipinski definition) is 2. The summed E-state index contributed by atoms with van der Waals surface area (Å²) in [5, 5.41) is 18.5. The number of allylic oxidation sites excluding steroid dienone is 2. The van der Waals surface area contributed by atoms with Crippen LogP contribution in [0.1, 0.15) is 49.0 Å². The van der Waals surface area contributed by atoms with E-state index in [9.17, 15) is 9.90 Å². The summed E-state index contributed by atoms with van der Waals surface area (Å²) in [6.45, 7) is 4.06. The van der Waals surface area contributed by atoms with Gasteiger partial charge in [-0.05, 0) is 42.7 Å².